The van der Waals surface area contributed by atoms with Crippen molar-refractivity contribution in [1.29, 1.82) is 0 Å². The molecule has 1 aromatic carbocycles. The summed E-state index contributed by atoms with van der Waals surface area (Å²) in [5, 5.41) is 15.7. The van der Waals surface area contributed by atoms with E-state index < -0.39 is 17.8 Å². The zero-order valence-corrected chi connectivity index (χ0v) is 13.8. The molecule has 0 aliphatic carbocycles. The van der Waals surface area contributed by atoms with Gasteiger partial charge >= 0.3 is 6.18 Å². The van der Waals surface area contributed by atoms with Crippen LogP contribution in [0.4, 0.5) is 13.2 Å². The van der Waals surface area contributed by atoms with Crippen molar-refractivity contribution in [2.24, 2.45) is 0 Å². The first-order valence-electron chi connectivity index (χ1n) is 8.18. The number of aliphatic hydroxyl groups is 1. The fraction of sp³-hybridized carbons (Fsp3) is 0.333. The van der Waals surface area contributed by atoms with Crippen LogP contribution >= 0.6 is 0 Å². The van der Waals surface area contributed by atoms with Gasteiger partial charge in [-0.1, -0.05) is 12.1 Å². The van der Waals surface area contributed by atoms with Crippen molar-refractivity contribution in [2.75, 3.05) is 13.1 Å². The van der Waals surface area contributed by atoms with E-state index in [0.717, 1.165) is 18.3 Å². The third kappa shape index (κ3) is 4.20. The predicted octanol–water partition coefficient (Wildman–Crippen LogP) is 2.22. The molecule has 3 N–H and O–H groups in total. The van der Waals surface area contributed by atoms with Crippen molar-refractivity contribution >= 4 is 5.91 Å². The van der Waals surface area contributed by atoms with E-state index in [0.29, 0.717) is 30.6 Å². The van der Waals surface area contributed by atoms with E-state index in [1.807, 2.05) is 0 Å². The van der Waals surface area contributed by atoms with Crippen LogP contribution in [0.25, 0.3) is 11.3 Å². The predicted molar refractivity (Wildman–Crippen MR) is 89.4 cm³/mol. The molecular weight excluding hydrogens is 347 g/mol. The standard InChI is InChI=1S/C18H18F3N3O2/c19-18(20,21)13-4-7-23-15(9-13)11-2-1-3-12(8-11)17(26)24-14-5-6-22-10-16(14)25/h1-4,7-9,14,16,22,25H,5-6,10H2,(H,24,26). The van der Waals surface area contributed by atoms with Gasteiger partial charge in [-0.15, -0.1) is 0 Å². The molecule has 1 saturated heterocycles. The molecule has 1 amide bonds. The lowest BCUT2D eigenvalue weighted by Crippen LogP contribution is -2.52. The minimum atomic E-state index is -4.46. The number of alkyl halides is 3. The number of rotatable bonds is 3. The Kier molecular flexibility index (Phi) is 5.24. The molecule has 0 saturated carbocycles. The Morgan fingerprint density at radius 1 is 1.27 bits per heavy atom. The van der Waals surface area contributed by atoms with Gasteiger partial charge in [-0.05, 0) is 37.2 Å². The largest absolute Gasteiger partial charge is 0.416 e. The highest BCUT2D eigenvalue weighted by molar-refractivity contribution is 5.95. The number of halogens is 3. The van der Waals surface area contributed by atoms with Crippen LogP contribution in [0.15, 0.2) is 42.6 Å². The highest BCUT2D eigenvalue weighted by Gasteiger charge is 2.31. The topological polar surface area (TPSA) is 74.2 Å². The Bertz CT molecular complexity index is 795. The Hall–Kier alpha value is -2.45. The number of aromatic nitrogens is 1. The molecule has 1 aromatic heterocycles. The summed E-state index contributed by atoms with van der Waals surface area (Å²) < 4.78 is 38.6. The van der Waals surface area contributed by atoms with Gasteiger partial charge in [0, 0.05) is 23.9 Å². The van der Waals surface area contributed by atoms with E-state index in [1.165, 1.54) is 6.07 Å². The smallest absolute Gasteiger partial charge is 0.390 e. The van der Waals surface area contributed by atoms with E-state index in [9.17, 15) is 23.1 Å². The maximum atomic E-state index is 12.9. The SMILES string of the molecule is O=C(NC1CCNCC1O)c1cccc(-c2cc(C(F)(F)F)ccn2)c1. The fourth-order valence-corrected chi connectivity index (χ4v) is 2.85. The number of pyridine rings is 1. The maximum absolute atomic E-state index is 12.9. The first kappa shape index (κ1) is 18.3. The van der Waals surface area contributed by atoms with E-state index >= 15 is 0 Å². The molecule has 0 radical (unpaired) electrons. The monoisotopic (exact) mass is 365 g/mol. The molecule has 5 nitrogen and oxygen atoms in total. The number of amides is 1. The summed E-state index contributed by atoms with van der Waals surface area (Å²) in [6.07, 6.45) is -3.45. The fourth-order valence-electron chi connectivity index (χ4n) is 2.85. The Morgan fingerprint density at radius 2 is 2.08 bits per heavy atom. The van der Waals surface area contributed by atoms with Crippen molar-refractivity contribution in [3.05, 3.63) is 53.7 Å². The number of hydrogen-bond acceptors (Lipinski definition) is 4. The van der Waals surface area contributed by atoms with Crippen LogP contribution in [0.2, 0.25) is 0 Å². The number of benzene rings is 1. The molecular formula is C18H18F3N3O2. The minimum absolute atomic E-state index is 0.136. The molecule has 2 heterocycles. The molecule has 2 unspecified atom stereocenters. The summed E-state index contributed by atoms with van der Waals surface area (Å²) in [7, 11) is 0. The molecule has 0 bridgehead atoms. The van der Waals surface area contributed by atoms with Crippen molar-refractivity contribution in [3.63, 3.8) is 0 Å². The van der Waals surface area contributed by atoms with Crippen LogP contribution in [0.3, 0.4) is 0 Å². The molecule has 8 heteroatoms. The molecule has 3 rings (SSSR count). The van der Waals surface area contributed by atoms with Gasteiger partial charge in [-0.3, -0.25) is 9.78 Å². The second-order valence-corrected chi connectivity index (χ2v) is 6.15. The van der Waals surface area contributed by atoms with Crippen LogP contribution in [0, 0.1) is 0 Å². The average Bonchev–Trinajstić information content (AvgIpc) is 2.63. The van der Waals surface area contributed by atoms with Crippen LogP contribution in [0.1, 0.15) is 22.3 Å². The Labute approximate surface area is 148 Å². The molecule has 2 atom stereocenters. The lowest BCUT2D eigenvalue weighted by molar-refractivity contribution is -0.137. The van der Waals surface area contributed by atoms with Gasteiger partial charge < -0.3 is 15.7 Å². The van der Waals surface area contributed by atoms with Crippen LogP contribution in [-0.4, -0.2) is 41.2 Å². The van der Waals surface area contributed by atoms with Gasteiger partial charge in [0.1, 0.15) is 0 Å². The first-order chi connectivity index (χ1) is 12.3. The number of carbonyl (C=O) groups is 1. The van der Waals surface area contributed by atoms with Gasteiger partial charge in [0.05, 0.1) is 23.4 Å². The number of piperidine rings is 1. The molecule has 1 fully saturated rings. The quantitative estimate of drug-likeness (QED) is 0.780. The summed E-state index contributed by atoms with van der Waals surface area (Å²) in [5.74, 6) is -0.384. The number of nitrogens with zero attached hydrogens (tertiary/aromatic N) is 1. The lowest BCUT2D eigenvalue weighted by Gasteiger charge is -2.29. The van der Waals surface area contributed by atoms with Gasteiger partial charge in [-0.25, -0.2) is 0 Å². The third-order valence-corrected chi connectivity index (χ3v) is 4.27. The summed E-state index contributed by atoms with van der Waals surface area (Å²) in [6, 6.07) is 7.74. The van der Waals surface area contributed by atoms with Crippen LogP contribution in [0.5, 0.6) is 0 Å². The number of hydrogen-bond donors (Lipinski definition) is 3. The van der Waals surface area contributed by atoms with Gasteiger partial charge in [0.25, 0.3) is 5.91 Å². The normalized spacial score (nSPS) is 20.6. The highest BCUT2D eigenvalue weighted by atomic mass is 19.4. The molecule has 138 valence electrons. The number of aliphatic hydroxyl groups excluding tert-OH is 1. The number of β-amino-alcohol motifs (C(OH)–C–C–N with tert-alkyl or cyclic N) is 1. The maximum Gasteiger partial charge on any atom is 0.416 e. The molecule has 2 aromatic rings. The summed E-state index contributed by atoms with van der Waals surface area (Å²) in [5.41, 5.74) is 0.0496. The zero-order valence-electron chi connectivity index (χ0n) is 13.8. The third-order valence-electron chi connectivity index (χ3n) is 4.27. The van der Waals surface area contributed by atoms with Gasteiger partial charge in [0.15, 0.2) is 0 Å². The van der Waals surface area contributed by atoms with Crippen molar-refractivity contribution in [2.45, 2.75) is 24.7 Å². The van der Waals surface area contributed by atoms with Crippen molar-refractivity contribution in [1.82, 2.24) is 15.6 Å². The van der Waals surface area contributed by atoms with Crippen molar-refractivity contribution < 1.29 is 23.1 Å². The minimum Gasteiger partial charge on any atom is -0.390 e. The lowest BCUT2D eigenvalue weighted by atomic mass is 10.0. The number of nitrogens with one attached hydrogen (secondary N) is 2. The summed E-state index contributed by atoms with van der Waals surface area (Å²) in [4.78, 5) is 16.4. The van der Waals surface area contributed by atoms with E-state index in [-0.39, 0.29) is 17.6 Å². The molecule has 1 aliphatic heterocycles. The Balaban J connectivity index is 1.81. The van der Waals surface area contributed by atoms with E-state index in [1.54, 1.807) is 18.2 Å². The number of carbonyl (C=O) groups excluding carboxylic acids is 1. The average molecular weight is 365 g/mol. The van der Waals surface area contributed by atoms with Crippen LogP contribution in [-0.2, 0) is 6.18 Å². The second kappa shape index (κ2) is 7.43. The summed E-state index contributed by atoms with van der Waals surface area (Å²) in [6.45, 7) is 1.09. The molecule has 0 spiro atoms. The molecule has 26 heavy (non-hydrogen) atoms. The van der Waals surface area contributed by atoms with E-state index in [2.05, 4.69) is 15.6 Å². The second-order valence-electron chi connectivity index (χ2n) is 6.15. The van der Waals surface area contributed by atoms with Gasteiger partial charge in [-0.2, -0.15) is 13.2 Å². The van der Waals surface area contributed by atoms with Gasteiger partial charge in [0.2, 0.25) is 0 Å². The van der Waals surface area contributed by atoms with Crippen molar-refractivity contribution in [3.8, 4) is 11.3 Å². The Morgan fingerprint density at radius 3 is 2.81 bits per heavy atom. The van der Waals surface area contributed by atoms with E-state index in [4.69, 9.17) is 0 Å². The zero-order chi connectivity index (χ0) is 18.7. The summed E-state index contributed by atoms with van der Waals surface area (Å²) >= 11 is 0. The molecule has 1 aliphatic rings. The highest BCUT2D eigenvalue weighted by Crippen LogP contribution is 2.31. The first-order valence-corrected chi connectivity index (χ1v) is 8.18. The van der Waals surface area contributed by atoms with Crippen LogP contribution < -0.4 is 10.6 Å².